The largest absolute Gasteiger partial charge is 0.507 e. The third-order valence-corrected chi connectivity index (χ3v) is 5.70. The lowest BCUT2D eigenvalue weighted by Gasteiger charge is -2.26. The number of aliphatic hydroxyl groups excluding tert-OH is 1. The smallest absolute Gasteiger partial charge is 0.296 e. The van der Waals surface area contributed by atoms with E-state index in [-0.39, 0.29) is 17.9 Å². The van der Waals surface area contributed by atoms with Gasteiger partial charge < -0.3 is 28.6 Å². The van der Waals surface area contributed by atoms with E-state index in [9.17, 15) is 14.7 Å². The fourth-order valence-electron chi connectivity index (χ4n) is 4.18. The van der Waals surface area contributed by atoms with Crippen LogP contribution in [0.3, 0.4) is 0 Å². The fraction of sp³-hybridized carbons (Fsp3) is 0.200. The molecule has 8 heteroatoms. The topological polar surface area (TPSA) is 98.4 Å². The lowest BCUT2D eigenvalue weighted by molar-refractivity contribution is -0.140. The molecule has 0 bridgehead atoms. The lowest BCUT2D eigenvalue weighted by Crippen LogP contribution is -2.29. The van der Waals surface area contributed by atoms with Crippen molar-refractivity contribution in [1.29, 1.82) is 0 Å². The number of ketones is 1. The molecule has 1 fully saturated rings. The highest BCUT2D eigenvalue weighted by molar-refractivity contribution is 6.46. The van der Waals surface area contributed by atoms with Gasteiger partial charge in [-0.15, -0.1) is 0 Å². The summed E-state index contributed by atoms with van der Waals surface area (Å²) in [6.45, 7) is 0.869. The van der Waals surface area contributed by atoms with E-state index in [2.05, 4.69) is 0 Å². The zero-order valence-corrected chi connectivity index (χ0v) is 17.8. The van der Waals surface area contributed by atoms with Gasteiger partial charge in [0, 0.05) is 11.1 Å². The monoisotopic (exact) mass is 447 g/mol. The van der Waals surface area contributed by atoms with E-state index < -0.39 is 17.7 Å². The number of amides is 1. The maximum Gasteiger partial charge on any atom is 0.296 e. The van der Waals surface area contributed by atoms with Crippen LogP contribution in [0.4, 0.5) is 0 Å². The van der Waals surface area contributed by atoms with E-state index in [0.29, 0.717) is 47.3 Å². The summed E-state index contributed by atoms with van der Waals surface area (Å²) in [5.74, 6) is 0.189. The van der Waals surface area contributed by atoms with Crippen molar-refractivity contribution in [1.82, 2.24) is 4.90 Å². The van der Waals surface area contributed by atoms with Crippen LogP contribution >= 0.6 is 0 Å². The van der Waals surface area contributed by atoms with Crippen molar-refractivity contribution in [2.75, 3.05) is 20.3 Å². The molecular formula is C25H21NO7. The molecule has 0 aliphatic carbocycles. The molecule has 1 atom stereocenters. The maximum atomic E-state index is 13.2. The van der Waals surface area contributed by atoms with E-state index in [4.69, 9.17) is 18.6 Å². The molecule has 3 aromatic rings. The van der Waals surface area contributed by atoms with Crippen LogP contribution in [-0.4, -0.2) is 42.0 Å². The Kier molecular flexibility index (Phi) is 5.26. The van der Waals surface area contributed by atoms with Crippen molar-refractivity contribution in [3.8, 4) is 17.2 Å². The Labute approximate surface area is 189 Å². The molecule has 1 aromatic heterocycles. The number of hydrogen-bond donors (Lipinski definition) is 1. The van der Waals surface area contributed by atoms with Crippen molar-refractivity contribution in [3.63, 3.8) is 0 Å². The van der Waals surface area contributed by atoms with Gasteiger partial charge in [-0.2, -0.15) is 0 Å². The Morgan fingerprint density at radius 1 is 1.06 bits per heavy atom. The number of likely N-dealkylation sites (tertiary alicyclic amines) is 1. The Bertz CT molecular complexity index is 1250. The van der Waals surface area contributed by atoms with Gasteiger partial charge in [-0.05, 0) is 36.4 Å². The average molecular weight is 447 g/mol. The Morgan fingerprint density at radius 2 is 1.85 bits per heavy atom. The zero-order chi connectivity index (χ0) is 22.9. The molecule has 0 saturated carbocycles. The van der Waals surface area contributed by atoms with Gasteiger partial charge in [-0.25, -0.2) is 0 Å². The molecule has 8 nitrogen and oxygen atoms in total. The third-order valence-electron chi connectivity index (χ3n) is 5.70. The second-order valence-corrected chi connectivity index (χ2v) is 7.61. The first-order valence-corrected chi connectivity index (χ1v) is 10.4. The van der Waals surface area contributed by atoms with Crippen LogP contribution in [0.2, 0.25) is 0 Å². The van der Waals surface area contributed by atoms with Gasteiger partial charge >= 0.3 is 0 Å². The van der Waals surface area contributed by atoms with Crippen molar-refractivity contribution < 1.29 is 33.3 Å². The Hall–Kier alpha value is -4.20. The normalized spacial score (nSPS) is 19.1. The molecule has 0 radical (unpaired) electrons. The second kappa shape index (κ2) is 8.38. The number of fused-ring (bicyclic) bond motifs is 1. The highest BCUT2D eigenvalue weighted by Gasteiger charge is 2.47. The van der Waals surface area contributed by atoms with Crippen LogP contribution in [0.5, 0.6) is 17.2 Å². The van der Waals surface area contributed by atoms with Gasteiger partial charge in [-0.3, -0.25) is 9.59 Å². The summed E-state index contributed by atoms with van der Waals surface area (Å²) in [7, 11) is 1.51. The van der Waals surface area contributed by atoms with Gasteiger partial charge in [0.25, 0.3) is 11.7 Å². The number of carbonyl (C=O) groups is 2. The summed E-state index contributed by atoms with van der Waals surface area (Å²) in [6, 6.07) is 14.5. The van der Waals surface area contributed by atoms with E-state index >= 15 is 0 Å². The van der Waals surface area contributed by atoms with Crippen LogP contribution in [0, 0.1) is 0 Å². The number of carbonyl (C=O) groups excluding carboxylic acids is 2. The summed E-state index contributed by atoms with van der Waals surface area (Å²) in [4.78, 5) is 27.7. The Morgan fingerprint density at radius 3 is 2.61 bits per heavy atom. The summed E-state index contributed by atoms with van der Waals surface area (Å²) < 4.78 is 22.1. The molecule has 168 valence electrons. The van der Waals surface area contributed by atoms with Gasteiger partial charge in [0.1, 0.15) is 30.5 Å². The number of methoxy groups -OCH3 is 1. The van der Waals surface area contributed by atoms with Crippen molar-refractivity contribution in [2.45, 2.75) is 12.6 Å². The number of Topliss-reactive ketones (excluding diaryl/α,β-unsaturated/α-hetero) is 1. The molecule has 1 unspecified atom stereocenters. The quantitative estimate of drug-likeness (QED) is 0.362. The second-order valence-electron chi connectivity index (χ2n) is 7.61. The third kappa shape index (κ3) is 3.59. The number of para-hydroxylation sites is 1. The predicted octanol–water partition coefficient (Wildman–Crippen LogP) is 3.68. The minimum absolute atomic E-state index is 0.0345. The number of aliphatic hydroxyl groups is 1. The zero-order valence-electron chi connectivity index (χ0n) is 17.8. The number of benzene rings is 2. The summed E-state index contributed by atoms with van der Waals surface area (Å²) >= 11 is 0. The van der Waals surface area contributed by atoms with Crippen LogP contribution in [0.15, 0.2) is 70.9 Å². The van der Waals surface area contributed by atoms with Crippen LogP contribution in [0.25, 0.3) is 5.76 Å². The molecule has 2 aliphatic heterocycles. The number of furan rings is 1. The van der Waals surface area contributed by atoms with Crippen molar-refractivity contribution in [2.24, 2.45) is 0 Å². The molecule has 5 rings (SSSR count). The lowest BCUT2D eigenvalue weighted by atomic mass is 9.94. The van der Waals surface area contributed by atoms with Gasteiger partial charge in [0.2, 0.25) is 0 Å². The summed E-state index contributed by atoms with van der Waals surface area (Å²) in [5.41, 5.74) is 0.882. The molecule has 3 heterocycles. The molecule has 2 aliphatic rings. The highest BCUT2D eigenvalue weighted by Crippen LogP contribution is 2.44. The van der Waals surface area contributed by atoms with Gasteiger partial charge in [-0.1, -0.05) is 18.2 Å². The molecule has 2 aromatic carbocycles. The molecule has 0 spiro atoms. The number of nitrogens with zero attached hydrogens (tertiary/aromatic N) is 1. The molecular weight excluding hydrogens is 426 g/mol. The summed E-state index contributed by atoms with van der Waals surface area (Å²) in [6.07, 6.45) is 1.50. The molecule has 1 amide bonds. The predicted molar refractivity (Wildman–Crippen MR) is 117 cm³/mol. The number of rotatable bonds is 5. The number of ether oxygens (including phenoxy) is 3. The molecule has 1 saturated heterocycles. The van der Waals surface area contributed by atoms with Crippen molar-refractivity contribution in [3.05, 3.63) is 83.3 Å². The van der Waals surface area contributed by atoms with Gasteiger partial charge in [0.15, 0.2) is 11.5 Å². The summed E-state index contributed by atoms with van der Waals surface area (Å²) in [5, 5.41) is 11.3. The van der Waals surface area contributed by atoms with E-state index in [1.165, 1.54) is 18.3 Å². The van der Waals surface area contributed by atoms with Crippen molar-refractivity contribution >= 4 is 17.4 Å². The van der Waals surface area contributed by atoms with E-state index in [1.807, 2.05) is 0 Å². The Balaban J connectivity index is 1.66. The van der Waals surface area contributed by atoms with E-state index in [0.717, 1.165) is 0 Å². The first-order valence-electron chi connectivity index (χ1n) is 10.4. The van der Waals surface area contributed by atoms with Gasteiger partial charge in [0.05, 0.1) is 31.5 Å². The minimum Gasteiger partial charge on any atom is -0.507 e. The van der Waals surface area contributed by atoms with E-state index in [1.54, 1.807) is 54.6 Å². The maximum absolute atomic E-state index is 13.2. The first kappa shape index (κ1) is 20.7. The number of hydrogen-bond acceptors (Lipinski definition) is 7. The SMILES string of the molecule is COc1ccccc1C1/C(=C(/O)c2ccc3c(c2)OCCO3)C(=O)C(=O)N1Cc1ccco1. The average Bonchev–Trinajstić information content (AvgIpc) is 3.45. The first-order chi connectivity index (χ1) is 16.1. The minimum atomic E-state index is -0.876. The van der Waals surface area contributed by atoms with Crippen LogP contribution in [-0.2, 0) is 16.1 Å². The van der Waals surface area contributed by atoms with Crippen LogP contribution < -0.4 is 14.2 Å². The molecule has 33 heavy (non-hydrogen) atoms. The standard InChI is InChI=1S/C25H21NO7/c1-30-18-7-3-2-6-17(18)22-21(24(28)25(29)26(22)14-16-5-4-10-31-16)23(27)15-8-9-19-20(13-15)33-12-11-32-19/h2-10,13,22,27H,11-12,14H2,1H3/b23-21-. The van der Waals surface area contributed by atoms with Crippen LogP contribution in [0.1, 0.15) is 22.9 Å². The molecule has 1 N–H and O–H groups in total. The fourth-order valence-corrected chi connectivity index (χ4v) is 4.18. The highest BCUT2D eigenvalue weighted by atomic mass is 16.6.